The lowest BCUT2D eigenvalue weighted by Crippen LogP contribution is -2.33. The maximum atomic E-state index is 13.6. The van der Waals surface area contributed by atoms with Crippen molar-refractivity contribution < 1.29 is 14.0 Å². The summed E-state index contributed by atoms with van der Waals surface area (Å²) in [5, 5.41) is 4.82. The maximum Gasteiger partial charge on any atom is 0.282 e. The minimum absolute atomic E-state index is 0.152. The van der Waals surface area contributed by atoms with Gasteiger partial charge in [0, 0.05) is 10.6 Å². The first-order chi connectivity index (χ1) is 13.5. The Labute approximate surface area is 165 Å². The Kier molecular flexibility index (Phi) is 4.57. The Morgan fingerprint density at radius 1 is 0.964 bits per heavy atom. The molecule has 140 valence electrons. The predicted octanol–water partition coefficient (Wildman–Crippen LogP) is 4.90. The standard InChI is InChI=1S/C22H17FN2O2S/c1-13-6-3-9-17(14(13)2)25-21(26)19(18-10-5-11-28-18)20(22(25)27)24-16-8-4-7-15(23)12-16/h3-12,24H,1-2H3. The molecule has 0 saturated heterocycles. The van der Waals surface area contributed by atoms with Crippen LogP contribution in [0, 0.1) is 19.7 Å². The van der Waals surface area contributed by atoms with E-state index < -0.39 is 11.7 Å². The molecule has 2 heterocycles. The quantitative estimate of drug-likeness (QED) is 0.643. The number of carbonyl (C=O) groups is 2. The van der Waals surface area contributed by atoms with Crippen molar-refractivity contribution in [2.45, 2.75) is 13.8 Å². The zero-order chi connectivity index (χ0) is 19.8. The lowest BCUT2D eigenvalue weighted by molar-refractivity contribution is -0.120. The molecule has 1 aromatic heterocycles. The van der Waals surface area contributed by atoms with Crippen LogP contribution < -0.4 is 10.2 Å². The normalized spacial score (nSPS) is 14.2. The van der Waals surface area contributed by atoms with Gasteiger partial charge in [-0.05, 0) is 60.7 Å². The first-order valence-corrected chi connectivity index (χ1v) is 9.61. The average Bonchev–Trinajstić information content (AvgIpc) is 3.26. The van der Waals surface area contributed by atoms with E-state index in [1.165, 1.54) is 28.4 Å². The minimum Gasteiger partial charge on any atom is -0.350 e. The van der Waals surface area contributed by atoms with Crippen molar-refractivity contribution in [2.24, 2.45) is 0 Å². The van der Waals surface area contributed by atoms with E-state index in [-0.39, 0.29) is 11.6 Å². The van der Waals surface area contributed by atoms with Gasteiger partial charge in [-0.25, -0.2) is 9.29 Å². The second kappa shape index (κ2) is 7.05. The topological polar surface area (TPSA) is 49.4 Å². The summed E-state index contributed by atoms with van der Waals surface area (Å²) < 4.78 is 13.6. The van der Waals surface area contributed by atoms with Crippen molar-refractivity contribution in [3.05, 3.63) is 87.5 Å². The van der Waals surface area contributed by atoms with Crippen LogP contribution >= 0.6 is 11.3 Å². The molecule has 2 aromatic carbocycles. The number of halogens is 1. The third-order valence-electron chi connectivity index (χ3n) is 4.76. The van der Waals surface area contributed by atoms with Gasteiger partial charge in [-0.15, -0.1) is 11.3 Å². The van der Waals surface area contributed by atoms with Gasteiger partial charge in [-0.2, -0.15) is 0 Å². The Morgan fingerprint density at radius 3 is 2.46 bits per heavy atom. The molecule has 4 nitrogen and oxygen atoms in total. The molecule has 0 unspecified atom stereocenters. The van der Waals surface area contributed by atoms with E-state index in [0.717, 1.165) is 11.1 Å². The van der Waals surface area contributed by atoms with Gasteiger partial charge in [0.1, 0.15) is 11.5 Å². The van der Waals surface area contributed by atoms with Crippen LogP contribution in [-0.4, -0.2) is 11.8 Å². The van der Waals surface area contributed by atoms with Crippen molar-refractivity contribution >= 4 is 40.1 Å². The number of nitrogens with one attached hydrogen (secondary N) is 1. The number of rotatable bonds is 4. The Bertz CT molecular complexity index is 1120. The zero-order valence-corrected chi connectivity index (χ0v) is 16.1. The first-order valence-electron chi connectivity index (χ1n) is 8.73. The fourth-order valence-corrected chi connectivity index (χ4v) is 3.97. The van der Waals surface area contributed by atoms with Crippen LogP contribution in [0.15, 0.2) is 65.7 Å². The molecular formula is C22H17FN2O2S. The lowest BCUT2D eigenvalue weighted by atomic mass is 10.1. The van der Waals surface area contributed by atoms with E-state index >= 15 is 0 Å². The van der Waals surface area contributed by atoms with Crippen LogP contribution in [0.3, 0.4) is 0 Å². The van der Waals surface area contributed by atoms with Crippen molar-refractivity contribution in [3.63, 3.8) is 0 Å². The number of anilines is 2. The Balaban J connectivity index is 1.83. The number of hydrogen-bond acceptors (Lipinski definition) is 4. The number of benzene rings is 2. The molecule has 0 spiro atoms. The van der Waals surface area contributed by atoms with Crippen LogP contribution in [0.4, 0.5) is 15.8 Å². The molecule has 6 heteroatoms. The van der Waals surface area contributed by atoms with Crippen molar-refractivity contribution in [1.82, 2.24) is 0 Å². The maximum absolute atomic E-state index is 13.6. The fraction of sp³-hybridized carbons (Fsp3) is 0.0909. The van der Waals surface area contributed by atoms with Gasteiger partial charge in [-0.3, -0.25) is 9.59 Å². The van der Waals surface area contributed by atoms with E-state index in [1.807, 2.05) is 37.4 Å². The molecule has 0 bridgehead atoms. The molecular weight excluding hydrogens is 375 g/mol. The summed E-state index contributed by atoms with van der Waals surface area (Å²) in [5.74, 6) is -1.27. The largest absolute Gasteiger partial charge is 0.350 e. The monoisotopic (exact) mass is 392 g/mol. The van der Waals surface area contributed by atoms with Gasteiger partial charge < -0.3 is 5.32 Å². The summed E-state index contributed by atoms with van der Waals surface area (Å²) in [6.45, 7) is 3.82. The van der Waals surface area contributed by atoms with Crippen LogP contribution in [0.2, 0.25) is 0 Å². The highest BCUT2D eigenvalue weighted by molar-refractivity contribution is 7.11. The average molecular weight is 392 g/mol. The highest BCUT2D eigenvalue weighted by atomic mass is 32.1. The molecule has 0 aliphatic carbocycles. The molecule has 2 amide bonds. The van der Waals surface area contributed by atoms with E-state index in [2.05, 4.69) is 5.32 Å². The van der Waals surface area contributed by atoms with Crippen molar-refractivity contribution in [1.29, 1.82) is 0 Å². The van der Waals surface area contributed by atoms with Gasteiger partial charge >= 0.3 is 0 Å². The number of aryl methyl sites for hydroxylation is 1. The summed E-state index contributed by atoms with van der Waals surface area (Å²) in [6.07, 6.45) is 0. The van der Waals surface area contributed by atoms with Crippen LogP contribution in [0.25, 0.3) is 5.57 Å². The van der Waals surface area contributed by atoms with E-state index in [9.17, 15) is 14.0 Å². The number of carbonyl (C=O) groups excluding carboxylic acids is 2. The summed E-state index contributed by atoms with van der Waals surface area (Å²) in [5.41, 5.74) is 3.27. The third-order valence-corrected chi connectivity index (χ3v) is 5.65. The highest BCUT2D eigenvalue weighted by Gasteiger charge is 2.41. The number of thiophene rings is 1. The molecule has 4 rings (SSSR count). The molecule has 1 aliphatic rings. The van der Waals surface area contributed by atoms with Gasteiger partial charge in [0.15, 0.2) is 0 Å². The van der Waals surface area contributed by atoms with Crippen LogP contribution in [0.1, 0.15) is 16.0 Å². The zero-order valence-electron chi connectivity index (χ0n) is 15.3. The number of imide groups is 1. The molecule has 1 N–H and O–H groups in total. The number of amides is 2. The van der Waals surface area contributed by atoms with Crippen molar-refractivity contribution in [2.75, 3.05) is 10.2 Å². The third kappa shape index (κ3) is 3.01. The molecule has 1 aliphatic heterocycles. The SMILES string of the molecule is Cc1cccc(N2C(=O)C(Nc3cccc(F)c3)=C(c3cccs3)C2=O)c1C. The second-order valence-electron chi connectivity index (χ2n) is 6.53. The van der Waals surface area contributed by atoms with Gasteiger partial charge in [0.2, 0.25) is 0 Å². The number of nitrogens with zero attached hydrogens (tertiary/aromatic N) is 1. The van der Waals surface area contributed by atoms with Crippen LogP contribution in [0.5, 0.6) is 0 Å². The molecule has 0 saturated carbocycles. The van der Waals surface area contributed by atoms with E-state index in [0.29, 0.717) is 21.8 Å². The summed E-state index contributed by atoms with van der Waals surface area (Å²) in [6, 6.07) is 14.9. The highest BCUT2D eigenvalue weighted by Crippen LogP contribution is 2.37. The fourth-order valence-electron chi connectivity index (χ4n) is 3.20. The lowest BCUT2D eigenvalue weighted by Gasteiger charge is -2.19. The van der Waals surface area contributed by atoms with Crippen LogP contribution in [-0.2, 0) is 9.59 Å². The van der Waals surface area contributed by atoms with Gasteiger partial charge in [-0.1, -0.05) is 24.3 Å². The van der Waals surface area contributed by atoms with E-state index in [4.69, 9.17) is 0 Å². The van der Waals surface area contributed by atoms with Gasteiger partial charge in [0.25, 0.3) is 11.8 Å². The summed E-state index contributed by atoms with van der Waals surface area (Å²) >= 11 is 1.38. The number of hydrogen-bond donors (Lipinski definition) is 1. The van der Waals surface area contributed by atoms with Crippen molar-refractivity contribution in [3.8, 4) is 0 Å². The smallest absolute Gasteiger partial charge is 0.282 e. The first kappa shape index (κ1) is 18.1. The molecule has 0 radical (unpaired) electrons. The molecule has 28 heavy (non-hydrogen) atoms. The predicted molar refractivity (Wildman–Crippen MR) is 110 cm³/mol. The minimum atomic E-state index is -0.452. The molecule has 0 fully saturated rings. The molecule has 0 atom stereocenters. The molecule has 3 aromatic rings. The van der Waals surface area contributed by atoms with E-state index in [1.54, 1.807) is 24.3 Å². The summed E-state index contributed by atoms with van der Waals surface area (Å²) in [7, 11) is 0. The summed E-state index contributed by atoms with van der Waals surface area (Å²) in [4.78, 5) is 28.4. The van der Waals surface area contributed by atoms with Gasteiger partial charge in [0.05, 0.1) is 11.3 Å². The second-order valence-corrected chi connectivity index (χ2v) is 7.48. The Hall–Kier alpha value is -3.25. The Morgan fingerprint density at radius 2 is 1.75 bits per heavy atom.